The minimum Gasteiger partial charge on any atom is -0.291 e. The predicted octanol–water partition coefficient (Wildman–Crippen LogP) is 4.77. The van der Waals surface area contributed by atoms with Crippen LogP contribution in [0.4, 0.5) is 4.39 Å². The van der Waals surface area contributed by atoms with Gasteiger partial charge in [0.15, 0.2) is 15.6 Å². The molecule has 8 nitrogen and oxygen atoms in total. The molecule has 1 aromatic carbocycles. The second-order valence-corrected chi connectivity index (χ2v) is 12.6. The summed E-state index contributed by atoms with van der Waals surface area (Å²) in [6, 6.07) is 9.67. The number of aryl methyl sites for hydroxylation is 2. The lowest BCUT2D eigenvalue weighted by Gasteiger charge is -2.43. The first-order chi connectivity index (χ1) is 18.7. The summed E-state index contributed by atoms with van der Waals surface area (Å²) in [5.74, 6) is -0.515. The highest BCUT2D eigenvalue weighted by atomic mass is 32.2. The zero-order valence-corrected chi connectivity index (χ0v) is 22.5. The molecule has 0 radical (unpaired) electrons. The van der Waals surface area contributed by atoms with Crippen molar-refractivity contribution in [1.29, 1.82) is 0 Å². The highest BCUT2D eigenvalue weighted by Gasteiger charge is 2.52. The van der Waals surface area contributed by atoms with Gasteiger partial charge in [0.2, 0.25) is 0 Å². The monoisotopic (exact) mass is 545 g/mol. The van der Waals surface area contributed by atoms with Crippen LogP contribution in [0.2, 0.25) is 0 Å². The summed E-state index contributed by atoms with van der Waals surface area (Å²) < 4.78 is 44.4. The van der Waals surface area contributed by atoms with E-state index in [0.717, 1.165) is 22.4 Å². The third kappa shape index (κ3) is 4.23. The van der Waals surface area contributed by atoms with E-state index >= 15 is 0 Å². The zero-order chi connectivity index (χ0) is 27.4. The molecular weight excluding hydrogens is 517 g/mol. The van der Waals surface area contributed by atoms with Gasteiger partial charge in [0.1, 0.15) is 16.4 Å². The van der Waals surface area contributed by atoms with Crippen molar-refractivity contribution in [2.24, 2.45) is 5.41 Å². The lowest BCUT2D eigenvalue weighted by atomic mass is 9.61. The molecule has 2 aliphatic carbocycles. The molecule has 4 aromatic rings. The molecule has 6 rings (SSSR count). The number of rotatable bonds is 6. The summed E-state index contributed by atoms with van der Waals surface area (Å²) in [6.45, 7) is 4.36. The Hall–Kier alpha value is -3.92. The average Bonchev–Trinajstić information content (AvgIpc) is 3.59. The Kier molecular flexibility index (Phi) is 6.10. The fourth-order valence-corrected chi connectivity index (χ4v) is 7.66. The van der Waals surface area contributed by atoms with Gasteiger partial charge in [-0.2, -0.15) is 10.2 Å². The maximum absolute atomic E-state index is 14.3. The Bertz CT molecular complexity index is 1720. The van der Waals surface area contributed by atoms with Crippen molar-refractivity contribution in [3.63, 3.8) is 0 Å². The molecule has 2 aliphatic rings. The molecule has 0 saturated heterocycles. The van der Waals surface area contributed by atoms with Crippen molar-refractivity contribution in [2.45, 2.75) is 56.2 Å². The van der Waals surface area contributed by atoms with E-state index < -0.39 is 20.5 Å². The minimum absolute atomic E-state index is 0.147. The summed E-state index contributed by atoms with van der Waals surface area (Å²) in [7, 11) is -3.72. The number of Topliss-reactive ketones (excluding diaryl/α,β-unsaturated/α-hetero) is 1. The predicted molar refractivity (Wildman–Crippen MR) is 144 cm³/mol. The van der Waals surface area contributed by atoms with Gasteiger partial charge < -0.3 is 0 Å². The number of hydrogen-bond acceptors (Lipinski definition) is 6. The number of ketones is 1. The second-order valence-electron chi connectivity index (χ2n) is 10.4. The fourth-order valence-electron chi connectivity index (χ4n) is 5.88. The van der Waals surface area contributed by atoms with E-state index in [0.29, 0.717) is 37.2 Å². The van der Waals surface area contributed by atoms with Crippen molar-refractivity contribution < 1.29 is 17.6 Å². The highest BCUT2D eigenvalue weighted by molar-refractivity contribution is 7.92. The quantitative estimate of drug-likeness (QED) is 0.324. The number of allylic oxidation sites excluding steroid dienone is 1. The maximum atomic E-state index is 14.3. The topological polar surface area (TPSA) is 99.7 Å². The third-order valence-corrected chi connectivity index (χ3v) is 10.1. The van der Waals surface area contributed by atoms with Gasteiger partial charge in [-0.1, -0.05) is 5.57 Å². The van der Waals surface area contributed by atoms with Crippen LogP contribution in [0.15, 0.2) is 71.7 Å². The van der Waals surface area contributed by atoms with E-state index in [1.54, 1.807) is 46.2 Å². The van der Waals surface area contributed by atoms with Gasteiger partial charge in [0, 0.05) is 18.9 Å². The van der Waals surface area contributed by atoms with Crippen molar-refractivity contribution in [3.8, 4) is 5.69 Å². The molecule has 0 amide bonds. The van der Waals surface area contributed by atoms with E-state index in [2.05, 4.69) is 15.2 Å². The Morgan fingerprint density at radius 3 is 2.67 bits per heavy atom. The van der Waals surface area contributed by atoms with Gasteiger partial charge in [0.25, 0.3) is 0 Å². The maximum Gasteiger partial charge on any atom is 0.191 e. The van der Waals surface area contributed by atoms with Crippen LogP contribution in [0.25, 0.3) is 11.8 Å². The first-order valence-electron chi connectivity index (χ1n) is 13.0. The van der Waals surface area contributed by atoms with Crippen molar-refractivity contribution >= 4 is 21.7 Å². The summed E-state index contributed by atoms with van der Waals surface area (Å²) >= 11 is 0. The number of hydrogen-bond donors (Lipinski definition) is 0. The van der Waals surface area contributed by atoms with Crippen LogP contribution in [-0.2, 0) is 22.8 Å². The molecule has 0 unspecified atom stereocenters. The van der Waals surface area contributed by atoms with Gasteiger partial charge in [-0.15, -0.1) is 0 Å². The Morgan fingerprint density at radius 1 is 1.15 bits per heavy atom. The van der Waals surface area contributed by atoms with E-state index in [9.17, 15) is 17.6 Å². The number of aromatic nitrogens is 5. The molecule has 3 heterocycles. The van der Waals surface area contributed by atoms with Crippen LogP contribution in [0.1, 0.15) is 53.5 Å². The van der Waals surface area contributed by atoms with E-state index in [4.69, 9.17) is 0 Å². The first-order valence-corrected chi connectivity index (χ1v) is 14.5. The SMILES string of the molecule is CCn1cc(S(=O)(=O)[C@H]2CCC3=Cc4c(cnn4-c4ccc(F)cc4)C[C@]3(C(=O)c3cc(C)ccn3)C2)cn1. The third-order valence-electron chi connectivity index (χ3n) is 7.97. The molecule has 3 aromatic heterocycles. The van der Waals surface area contributed by atoms with Crippen molar-refractivity contribution in [3.05, 3.63) is 95.1 Å². The van der Waals surface area contributed by atoms with Crippen LogP contribution >= 0.6 is 0 Å². The summed E-state index contributed by atoms with van der Waals surface area (Å²) in [6.07, 6.45) is 9.54. The Morgan fingerprint density at radius 2 is 1.95 bits per heavy atom. The fraction of sp³-hybridized carbons (Fsp3) is 0.310. The summed E-state index contributed by atoms with van der Waals surface area (Å²) in [5.41, 5.74) is 3.40. The number of sulfone groups is 1. The first kappa shape index (κ1) is 25.4. The number of pyridine rings is 1. The molecule has 39 heavy (non-hydrogen) atoms. The van der Waals surface area contributed by atoms with Gasteiger partial charge in [0.05, 0.1) is 34.4 Å². The highest BCUT2D eigenvalue weighted by Crippen LogP contribution is 2.51. The van der Waals surface area contributed by atoms with Crippen LogP contribution < -0.4 is 0 Å². The standard InChI is InChI=1S/C29H28FN5O3S/c1-3-34-18-25(17-32-34)39(37,38)24-9-4-21-13-27-20(16-33-35(27)23-7-5-22(30)6-8-23)14-29(21,15-24)28(36)26-12-19(2)10-11-31-26/h5-8,10-13,16-18,24H,3-4,9,14-15H2,1-2H3/t24-,29-/m0/s1. The molecule has 1 saturated carbocycles. The van der Waals surface area contributed by atoms with Gasteiger partial charge in [-0.05, 0) is 93.1 Å². The van der Waals surface area contributed by atoms with Crippen molar-refractivity contribution in [1.82, 2.24) is 24.5 Å². The smallest absolute Gasteiger partial charge is 0.191 e. The average molecular weight is 546 g/mol. The van der Waals surface area contributed by atoms with Gasteiger partial charge in [-0.3, -0.25) is 14.5 Å². The molecule has 1 fully saturated rings. The molecule has 10 heteroatoms. The molecular formula is C29H28FN5O3S. The van der Waals surface area contributed by atoms with E-state index in [1.807, 2.05) is 26.0 Å². The molecule has 0 bridgehead atoms. The number of carbonyl (C=O) groups excluding carboxylic acids is 1. The normalized spacial score (nSPS) is 20.7. The van der Waals surface area contributed by atoms with Crippen LogP contribution in [-0.4, -0.2) is 44.0 Å². The number of carbonyl (C=O) groups is 1. The molecule has 0 aliphatic heterocycles. The largest absolute Gasteiger partial charge is 0.291 e. The van der Waals surface area contributed by atoms with Crippen LogP contribution in [0, 0.1) is 18.2 Å². The summed E-state index contributed by atoms with van der Waals surface area (Å²) in [4.78, 5) is 18.9. The molecule has 2 atom stereocenters. The van der Waals surface area contributed by atoms with Gasteiger partial charge in [-0.25, -0.2) is 17.5 Å². The Balaban J connectivity index is 1.45. The zero-order valence-electron chi connectivity index (χ0n) is 21.7. The lowest BCUT2D eigenvalue weighted by molar-refractivity contribution is 0.0796. The van der Waals surface area contributed by atoms with E-state index in [-0.39, 0.29) is 22.9 Å². The number of halogens is 1. The number of fused-ring (bicyclic) bond motifs is 2. The Labute approximate surface area is 226 Å². The molecule has 200 valence electrons. The molecule has 0 spiro atoms. The number of nitrogens with zero attached hydrogens (tertiary/aromatic N) is 5. The molecule has 0 N–H and O–H groups in total. The lowest BCUT2D eigenvalue weighted by Crippen LogP contribution is -2.45. The summed E-state index contributed by atoms with van der Waals surface area (Å²) in [5, 5.41) is 7.98. The van der Waals surface area contributed by atoms with Crippen molar-refractivity contribution in [2.75, 3.05) is 0 Å². The minimum atomic E-state index is -3.72. The van der Waals surface area contributed by atoms with Crippen LogP contribution in [0.5, 0.6) is 0 Å². The van der Waals surface area contributed by atoms with Crippen LogP contribution in [0.3, 0.4) is 0 Å². The number of benzene rings is 1. The van der Waals surface area contributed by atoms with E-state index in [1.165, 1.54) is 18.3 Å². The van der Waals surface area contributed by atoms with Gasteiger partial charge >= 0.3 is 0 Å². The second kappa shape index (κ2) is 9.37.